The molecule has 1 heteroatoms. The first kappa shape index (κ1) is 33.0. The molecule has 274 valence electrons. The number of anilines is 3. The maximum absolute atomic E-state index is 2.55. The first-order chi connectivity index (χ1) is 28.2. The van der Waals surface area contributed by atoms with Gasteiger partial charge in [0.1, 0.15) is 0 Å². The third kappa shape index (κ3) is 5.08. The minimum atomic E-state index is 0.202. The van der Waals surface area contributed by atoms with Gasteiger partial charge in [0.25, 0.3) is 0 Å². The van der Waals surface area contributed by atoms with Crippen molar-refractivity contribution in [3.05, 3.63) is 199 Å². The van der Waals surface area contributed by atoms with E-state index in [1.54, 1.807) is 11.1 Å². The largest absolute Gasteiger partial charge is 0.309 e. The molecule has 0 saturated heterocycles. The fraction of sp³-hybridized carbons (Fsp3) is 0.179. The van der Waals surface area contributed by atoms with Gasteiger partial charge in [0.2, 0.25) is 0 Å². The zero-order valence-electron chi connectivity index (χ0n) is 32.2. The van der Waals surface area contributed by atoms with Crippen LogP contribution >= 0.6 is 0 Å². The maximum atomic E-state index is 2.55. The molecular weight excluding hydrogens is 687 g/mol. The van der Waals surface area contributed by atoms with Gasteiger partial charge in [-0.25, -0.2) is 0 Å². The molecule has 57 heavy (non-hydrogen) atoms. The van der Waals surface area contributed by atoms with Crippen molar-refractivity contribution < 1.29 is 0 Å². The molecule has 4 fully saturated rings. The molecule has 0 amide bonds. The van der Waals surface area contributed by atoms with E-state index in [0.29, 0.717) is 0 Å². The van der Waals surface area contributed by atoms with Gasteiger partial charge in [-0.15, -0.1) is 0 Å². The number of benzene rings is 8. The van der Waals surface area contributed by atoms with Crippen molar-refractivity contribution in [3.8, 4) is 44.5 Å². The Morgan fingerprint density at radius 2 is 0.930 bits per heavy atom. The van der Waals surface area contributed by atoms with Crippen molar-refractivity contribution >= 4 is 27.8 Å². The molecule has 1 nitrogen and oxygen atoms in total. The number of nitrogens with zero attached hydrogens (tertiary/aromatic N) is 1. The average molecular weight is 732 g/mol. The summed E-state index contributed by atoms with van der Waals surface area (Å²) in [5.41, 5.74) is 17.2. The van der Waals surface area contributed by atoms with Gasteiger partial charge in [0.05, 0.1) is 11.4 Å². The van der Waals surface area contributed by atoms with Crippen LogP contribution in [0.2, 0.25) is 0 Å². The lowest BCUT2D eigenvalue weighted by Crippen LogP contribution is -2.55. The summed E-state index contributed by atoms with van der Waals surface area (Å²) in [4.78, 5) is 2.47. The van der Waals surface area contributed by atoms with Crippen LogP contribution in [-0.2, 0) is 5.41 Å². The summed E-state index contributed by atoms with van der Waals surface area (Å²) in [6.07, 6.45) is 7.14. The molecule has 8 aromatic rings. The summed E-state index contributed by atoms with van der Waals surface area (Å²) in [5, 5.41) is 2.46. The number of hydrogen-bond donors (Lipinski definition) is 0. The highest BCUT2D eigenvalue weighted by molar-refractivity contribution is 6.01. The zero-order chi connectivity index (χ0) is 37.5. The molecule has 1 spiro atoms. The summed E-state index contributed by atoms with van der Waals surface area (Å²) in [6, 6.07) is 70.3. The monoisotopic (exact) mass is 731 g/mol. The molecule has 0 aromatic heterocycles. The van der Waals surface area contributed by atoms with Crippen molar-refractivity contribution in [2.75, 3.05) is 4.90 Å². The first-order valence-electron chi connectivity index (χ1n) is 21.1. The van der Waals surface area contributed by atoms with E-state index in [9.17, 15) is 0 Å². The van der Waals surface area contributed by atoms with Crippen LogP contribution in [0.25, 0.3) is 55.3 Å². The molecule has 5 aliphatic carbocycles. The maximum Gasteiger partial charge on any atom is 0.0540 e. The van der Waals surface area contributed by atoms with E-state index in [0.717, 1.165) is 35.0 Å². The Morgan fingerprint density at radius 3 is 1.68 bits per heavy atom. The third-order valence-electron chi connectivity index (χ3n) is 14.4. The normalized spacial score (nSPS) is 22.5. The molecule has 13 rings (SSSR count). The van der Waals surface area contributed by atoms with Crippen LogP contribution in [0.15, 0.2) is 188 Å². The highest BCUT2D eigenvalue weighted by Crippen LogP contribution is 2.69. The van der Waals surface area contributed by atoms with Gasteiger partial charge in [-0.2, -0.15) is 0 Å². The lowest BCUT2D eigenvalue weighted by molar-refractivity contribution is -0.0399. The molecule has 4 saturated carbocycles. The van der Waals surface area contributed by atoms with Crippen LogP contribution in [0.4, 0.5) is 17.1 Å². The SMILES string of the molecule is c1ccc(-c2ccc(N(c3ccc(-c4ccc5c(c4)-c4ccccc4C54C5CC6CC(C5)CC4C6)cc3)c3cccc4ccccc34)c(-c3ccccc3)c2)cc1. The molecule has 0 N–H and O–H groups in total. The van der Waals surface area contributed by atoms with E-state index in [1.165, 1.54) is 93.1 Å². The van der Waals surface area contributed by atoms with E-state index < -0.39 is 0 Å². The second-order valence-corrected chi connectivity index (χ2v) is 17.3. The molecule has 8 aromatic carbocycles. The summed E-state index contributed by atoms with van der Waals surface area (Å²) in [5.74, 6) is 3.46. The molecule has 0 heterocycles. The van der Waals surface area contributed by atoms with Gasteiger partial charge < -0.3 is 4.90 Å². The smallest absolute Gasteiger partial charge is 0.0540 e. The standard InChI is InChI=1S/C56H45N/c1-3-12-39(13-4-1)44-25-29-55(50(35-44)42-14-5-2-6-15-42)57(54-21-11-17-41-16-7-8-18-48(41)54)47-26-22-40(23-27-47)43-24-28-53-51(36-43)49-19-9-10-20-52(49)56(53)45-31-37-30-38(33-45)34-46(56)32-37/h1-29,35-38,45-46H,30-34H2. The van der Waals surface area contributed by atoms with E-state index in [-0.39, 0.29) is 5.41 Å². The Kier molecular flexibility index (Phi) is 7.49. The molecule has 0 unspecified atom stereocenters. The van der Waals surface area contributed by atoms with Gasteiger partial charge in [-0.1, -0.05) is 152 Å². The summed E-state index contributed by atoms with van der Waals surface area (Å²) in [6.45, 7) is 0. The Morgan fingerprint density at radius 1 is 0.368 bits per heavy atom. The average Bonchev–Trinajstić information content (AvgIpc) is 3.56. The number of fused-ring (bicyclic) bond motifs is 4. The van der Waals surface area contributed by atoms with Gasteiger partial charge in [0.15, 0.2) is 0 Å². The van der Waals surface area contributed by atoms with Gasteiger partial charge in [-0.05, 0) is 148 Å². The lowest BCUT2D eigenvalue weighted by atomic mass is 9.43. The number of hydrogen-bond acceptors (Lipinski definition) is 1. The summed E-state index contributed by atoms with van der Waals surface area (Å²) in [7, 11) is 0. The molecule has 0 aliphatic heterocycles. The van der Waals surface area contributed by atoms with Crippen LogP contribution in [-0.4, -0.2) is 0 Å². The second kappa shape index (κ2) is 12.9. The summed E-state index contributed by atoms with van der Waals surface area (Å²) >= 11 is 0. The van der Waals surface area contributed by atoms with E-state index in [4.69, 9.17) is 0 Å². The van der Waals surface area contributed by atoms with Crippen molar-refractivity contribution in [1.82, 2.24) is 0 Å². The Labute approximate surface area is 336 Å². The Hall–Kier alpha value is -6.18. The zero-order valence-corrected chi connectivity index (χ0v) is 32.2. The van der Waals surface area contributed by atoms with Crippen molar-refractivity contribution in [2.45, 2.75) is 37.5 Å². The highest BCUT2D eigenvalue weighted by Gasteiger charge is 2.61. The van der Waals surface area contributed by atoms with Crippen LogP contribution in [0.3, 0.4) is 0 Å². The first-order valence-corrected chi connectivity index (χ1v) is 21.1. The molecule has 4 bridgehead atoms. The molecule has 5 aliphatic rings. The third-order valence-corrected chi connectivity index (χ3v) is 14.4. The van der Waals surface area contributed by atoms with Crippen LogP contribution in [0, 0.1) is 23.7 Å². The van der Waals surface area contributed by atoms with Crippen molar-refractivity contribution in [3.63, 3.8) is 0 Å². The van der Waals surface area contributed by atoms with Crippen molar-refractivity contribution in [2.24, 2.45) is 23.7 Å². The van der Waals surface area contributed by atoms with Gasteiger partial charge in [-0.3, -0.25) is 0 Å². The van der Waals surface area contributed by atoms with Crippen LogP contribution in [0.1, 0.15) is 43.2 Å². The lowest BCUT2D eigenvalue weighted by Gasteiger charge is -2.61. The van der Waals surface area contributed by atoms with Crippen molar-refractivity contribution in [1.29, 1.82) is 0 Å². The molecule has 0 radical (unpaired) electrons. The summed E-state index contributed by atoms with van der Waals surface area (Å²) < 4.78 is 0. The van der Waals surface area contributed by atoms with E-state index in [1.807, 2.05) is 0 Å². The fourth-order valence-electron chi connectivity index (χ4n) is 12.3. The van der Waals surface area contributed by atoms with Gasteiger partial charge in [0, 0.05) is 22.1 Å². The number of rotatable bonds is 6. The molecular formula is C56H45N. The predicted octanol–water partition coefficient (Wildman–Crippen LogP) is 15.0. The Balaban J connectivity index is 0.990. The molecule has 0 atom stereocenters. The minimum Gasteiger partial charge on any atom is -0.309 e. The van der Waals surface area contributed by atoms with E-state index in [2.05, 4.69) is 193 Å². The quantitative estimate of drug-likeness (QED) is 0.165. The topological polar surface area (TPSA) is 3.24 Å². The van der Waals surface area contributed by atoms with E-state index >= 15 is 0 Å². The van der Waals surface area contributed by atoms with Gasteiger partial charge >= 0.3 is 0 Å². The highest BCUT2D eigenvalue weighted by atomic mass is 15.1. The second-order valence-electron chi connectivity index (χ2n) is 17.3. The Bertz CT molecular complexity index is 2760. The van der Waals surface area contributed by atoms with Crippen LogP contribution in [0.5, 0.6) is 0 Å². The fourth-order valence-corrected chi connectivity index (χ4v) is 12.3. The minimum absolute atomic E-state index is 0.202. The predicted molar refractivity (Wildman–Crippen MR) is 238 cm³/mol. The van der Waals surface area contributed by atoms with Crippen LogP contribution < -0.4 is 4.90 Å².